The van der Waals surface area contributed by atoms with Gasteiger partial charge in [0.05, 0.1) is 5.38 Å². The lowest BCUT2D eigenvalue weighted by atomic mass is 10.0. The average Bonchev–Trinajstić information content (AvgIpc) is 1.88. The minimum absolute atomic E-state index is 0.297. The van der Waals surface area contributed by atoms with Crippen LogP contribution in [-0.4, -0.2) is 10.7 Å². The topological polar surface area (TPSA) is 0 Å². The second kappa shape index (κ2) is 3.62. The van der Waals surface area contributed by atoms with E-state index in [2.05, 4.69) is 22.0 Å². The number of alkyl halides is 2. The summed E-state index contributed by atoms with van der Waals surface area (Å²) < 4.78 is 0. The molecule has 9 heavy (non-hydrogen) atoms. The van der Waals surface area contributed by atoms with Gasteiger partial charge in [0.2, 0.25) is 0 Å². The summed E-state index contributed by atoms with van der Waals surface area (Å²) in [6, 6.07) is 0. The van der Waals surface area contributed by atoms with Crippen molar-refractivity contribution < 1.29 is 0 Å². The van der Waals surface area contributed by atoms with Gasteiger partial charge in [-0.1, -0.05) is 27.6 Å². The van der Waals surface area contributed by atoms with Crippen molar-refractivity contribution in [3.05, 3.63) is 11.6 Å². The van der Waals surface area contributed by atoms with Gasteiger partial charge in [0.25, 0.3) is 0 Å². The molecule has 0 fully saturated rings. The van der Waals surface area contributed by atoms with E-state index in [1.807, 2.05) is 0 Å². The molecule has 52 valence electrons. The zero-order valence-electron chi connectivity index (χ0n) is 5.24. The molecule has 0 aromatic rings. The standard InChI is InChI=1S/C7H10BrCl/c8-5-6-2-1-3-7(9)4-6/h4,7H,1-3,5H2. The van der Waals surface area contributed by atoms with E-state index < -0.39 is 0 Å². The van der Waals surface area contributed by atoms with Crippen LogP contribution in [-0.2, 0) is 0 Å². The first-order chi connectivity index (χ1) is 4.33. The molecule has 1 atom stereocenters. The summed E-state index contributed by atoms with van der Waals surface area (Å²) in [6.45, 7) is 0. The fraction of sp³-hybridized carbons (Fsp3) is 0.714. The number of halogens is 2. The SMILES string of the molecule is ClC1C=C(CBr)CCC1. The van der Waals surface area contributed by atoms with Gasteiger partial charge in [-0.25, -0.2) is 0 Å². The second-order valence-electron chi connectivity index (χ2n) is 2.37. The molecule has 0 saturated heterocycles. The van der Waals surface area contributed by atoms with E-state index in [4.69, 9.17) is 11.6 Å². The van der Waals surface area contributed by atoms with Gasteiger partial charge in [0.15, 0.2) is 0 Å². The maximum absolute atomic E-state index is 5.89. The highest BCUT2D eigenvalue weighted by atomic mass is 79.9. The van der Waals surface area contributed by atoms with Crippen LogP contribution in [0.15, 0.2) is 11.6 Å². The largest absolute Gasteiger partial charge is 0.118 e. The van der Waals surface area contributed by atoms with Crippen LogP contribution in [0.2, 0.25) is 0 Å². The van der Waals surface area contributed by atoms with Crippen LogP contribution in [0.1, 0.15) is 19.3 Å². The van der Waals surface area contributed by atoms with Crippen molar-refractivity contribution in [1.82, 2.24) is 0 Å². The molecule has 0 amide bonds. The van der Waals surface area contributed by atoms with Gasteiger partial charge in [-0.2, -0.15) is 0 Å². The molecule has 0 spiro atoms. The molecule has 1 rings (SSSR count). The van der Waals surface area contributed by atoms with Gasteiger partial charge < -0.3 is 0 Å². The summed E-state index contributed by atoms with van der Waals surface area (Å²) in [5.41, 5.74) is 1.46. The first-order valence-corrected chi connectivity index (χ1v) is 4.78. The Morgan fingerprint density at radius 1 is 1.78 bits per heavy atom. The van der Waals surface area contributed by atoms with Crippen LogP contribution in [0.5, 0.6) is 0 Å². The summed E-state index contributed by atoms with van der Waals surface area (Å²) in [4.78, 5) is 0. The summed E-state index contributed by atoms with van der Waals surface area (Å²) in [5.74, 6) is 0. The molecular weight excluding hydrogens is 199 g/mol. The molecule has 0 nitrogen and oxygen atoms in total. The minimum Gasteiger partial charge on any atom is -0.118 e. The van der Waals surface area contributed by atoms with E-state index in [0.717, 1.165) is 11.8 Å². The quantitative estimate of drug-likeness (QED) is 0.460. The molecule has 0 aliphatic heterocycles. The zero-order chi connectivity index (χ0) is 6.69. The number of allylic oxidation sites excluding steroid dienone is 2. The van der Waals surface area contributed by atoms with Crippen LogP contribution in [0.3, 0.4) is 0 Å². The molecule has 1 aliphatic rings. The van der Waals surface area contributed by atoms with Gasteiger partial charge in [0, 0.05) is 5.33 Å². The van der Waals surface area contributed by atoms with Crippen molar-refractivity contribution in [3.63, 3.8) is 0 Å². The average molecular weight is 210 g/mol. The molecule has 0 heterocycles. The molecule has 2 heteroatoms. The van der Waals surface area contributed by atoms with Gasteiger partial charge in [-0.15, -0.1) is 11.6 Å². The fourth-order valence-electron chi connectivity index (χ4n) is 1.06. The zero-order valence-corrected chi connectivity index (χ0v) is 7.58. The predicted octanol–water partition coefficient (Wildman–Crippen LogP) is 3.10. The Morgan fingerprint density at radius 3 is 3.00 bits per heavy atom. The van der Waals surface area contributed by atoms with Gasteiger partial charge in [-0.05, 0) is 19.3 Å². The summed E-state index contributed by atoms with van der Waals surface area (Å²) in [5, 5.41) is 1.29. The van der Waals surface area contributed by atoms with E-state index in [1.54, 1.807) is 0 Å². The molecule has 0 aromatic heterocycles. The number of hydrogen-bond donors (Lipinski definition) is 0. The highest BCUT2D eigenvalue weighted by Gasteiger charge is 2.08. The molecule has 0 bridgehead atoms. The summed E-state index contributed by atoms with van der Waals surface area (Å²) in [7, 11) is 0. The Labute approximate surface area is 69.4 Å². The maximum Gasteiger partial charge on any atom is 0.0519 e. The van der Waals surface area contributed by atoms with Crippen molar-refractivity contribution in [2.24, 2.45) is 0 Å². The maximum atomic E-state index is 5.89. The van der Waals surface area contributed by atoms with Crippen molar-refractivity contribution >= 4 is 27.5 Å². The number of hydrogen-bond acceptors (Lipinski definition) is 0. The molecular formula is C7H10BrCl. The van der Waals surface area contributed by atoms with E-state index in [9.17, 15) is 0 Å². The third-order valence-corrected chi connectivity index (χ3v) is 2.63. The lowest BCUT2D eigenvalue weighted by Crippen LogP contribution is -2.03. The molecule has 0 radical (unpaired) electrons. The first kappa shape index (κ1) is 7.62. The van der Waals surface area contributed by atoms with E-state index in [0.29, 0.717) is 5.38 Å². The predicted molar refractivity (Wildman–Crippen MR) is 45.4 cm³/mol. The van der Waals surface area contributed by atoms with Crippen molar-refractivity contribution in [2.75, 3.05) is 5.33 Å². The Hall–Kier alpha value is 0.510. The van der Waals surface area contributed by atoms with E-state index in [1.165, 1.54) is 18.4 Å². The summed E-state index contributed by atoms with van der Waals surface area (Å²) >= 11 is 9.30. The van der Waals surface area contributed by atoms with Crippen LogP contribution in [0.25, 0.3) is 0 Å². The van der Waals surface area contributed by atoms with Crippen LogP contribution in [0.4, 0.5) is 0 Å². The molecule has 0 saturated carbocycles. The minimum atomic E-state index is 0.297. The van der Waals surface area contributed by atoms with Gasteiger partial charge in [-0.3, -0.25) is 0 Å². The monoisotopic (exact) mass is 208 g/mol. The number of rotatable bonds is 1. The van der Waals surface area contributed by atoms with Crippen LogP contribution >= 0.6 is 27.5 Å². The summed E-state index contributed by atoms with van der Waals surface area (Å²) in [6.07, 6.45) is 5.80. The van der Waals surface area contributed by atoms with Crippen LogP contribution < -0.4 is 0 Å². The van der Waals surface area contributed by atoms with Gasteiger partial charge >= 0.3 is 0 Å². The lowest BCUT2D eigenvalue weighted by Gasteiger charge is -2.13. The van der Waals surface area contributed by atoms with Crippen LogP contribution in [0, 0.1) is 0 Å². The molecule has 0 aromatic carbocycles. The van der Waals surface area contributed by atoms with E-state index in [-0.39, 0.29) is 0 Å². The van der Waals surface area contributed by atoms with Crippen molar-refractivity contribution in [2.45, 2.75) is 24.6 Å². The Bertz CT molecular complexity index is 120. The van der Waals surface area contributed by atoms with E-state index >= 15 is 0 Å². The Morgan fingerprint density at radius 2 is 2.56 bits per heavy atom. The second-order valence-corrected chi connectivity index (χ2v) is 3.49. The highest BCUT2D eigenvalue weighted by molar-refractivity contribution is 9.09. The highest BCUT2D eigenvalue weighted by Crippen LogP contribution is 2.22. The van der Waals surface area contributed by atoms with Gasteiger partial charge in [0.1, 0.15) is 0 Å². The Kier molecular flexibility index (Phi) is 3.07. The first-order valence-electron chi connectivity index (χ1n) is 3.22. The normalized spacial score (nSPS) is 27.8. The smallest absolute Gasteiger partial charge is 0.0519 e. The third-order valence-electron chi connectivity index (χ3n) is 1.57. The Balaban J connectivity index is 2.49. The third kappa shape index (κ3) is 2.30. The van der Waals surface area contributed by atoms with Crippen molar-refractivity contribution in [1.29, 1.82) is 0 Å². The fourth-order valence-corrected chi connectivity index (χ4v) is 1.86. The molecule has 0 N–H and O–H groups in total. The van der Waals surface area contributed by atoms with Crippen molar-refractivity contribution in [3.8, 4) is 0 Å². The molecule has 1 aliphatic carbocycles. The molecule has 1 unspecified atom stereocenters. The lowest BCUT2D eigenvalue weighted by molar-refractivity contribution is 0.709.